The number of nitrogens with one attached hydrogen (secondary N) is 1. The summed E-state index contributed by atoms with van der Waals surface area (Å²) >= 11 is 0. The molecule has 3 atom stereocenters. The molecule has 1 fully saturated rings. The van der Waals surface area contributed by atoms with E-state index in [4.69, 9.17) is 19.5 Å². The summed E-state index contributed by atoms with van der Waals surface area (Å²) in [5.74, 6) is 0.593. The summed E-state index contributed by atoms with van der Waals surface area (Å²) in [5.41, 5.74) is 1.60. The molecule has 0 bridgehead atoms. The lowest BCUT2D eigenvalue weighted by Crippen LogP contribution is -2.44. The normalized spacial score (nSPS) is 20.0. The number of esters is 1. The summed E-state index contributed by atoms with van der Waals surface area (Å²) in [6.07, 6.45) is 3.05. The second kappa shape index (κ2) is 10.6. The number of ether oxygens (including phenoxy) is 3. The highest BCUT2D eigenvalue weighted by atomic mass is 16.5. The number of carbonyl (C=O) groups is 2. The van der Waals surface area contributed by atoms with Gasteiger partial charge in [-0.15, -0.1) is 0 Å². The van der Waals surface area contributed by atoms with Gasteiger partial charge in [-0.1, -0.05) is 6.07 Å². The van der Waals surface area contributed by atoms with E-state index in [1.54, 1.807) is 13.2 Å². The lowest BCUT2D eigenvalue weighted by atomic mass is 9.78. The van der Waals surface area contributed by atoms with Crippen LogP contribution in [0, 0.1) is 11.3 Å². The van der Waals surface area contributed by atoms with Crippen LogP contribution in [0.25, 0.3) is 0 Å². The van der Waals surface area contributed by atoms with Crippen LogP contribution in [0.4, 0.5) is 0 Å². The largest absolute Gasteiger partial charge is 0.493 e. The molecule has 32 heavy (non-hydrogen) atoms. The van der Waals surface area contributed by atoms with Crippen molar-refractivity contribution in [1.82, 2.24) is 10.3 Å². The fourth-order valence-corrected chi connectivity index (χ4v) is 4.05. The Morgan fingerprint density at radius 1 is 1.22 bits per heavy atom. The van der Waals surface area contributed by atoms with Gasteiger partial charge in [0.2, 0.25) is 0 Å². The van der Waals surface area contributed by atoms with Gasteiger partial charge in [0.25, 0.3) is 5.91 Å². The number of rotatable bonds is 7. The van der Waals surface area contributed by atoms with Gasteiger partial charge in [0.05, 0.1) is 19.3 Å². The quantitative estimate of drug-likeness (QED) is 0.661. The highest BCUT2D eigenvalue weighted by molar-refractivity contribution is 5.94. The summed E-state index contributed by atoms with van der Waals surface area (Å²) in [6.45, 7) is 3.80. The van der Waals surface area contributed by atoms with Crippen molar-refractivity contribution in [2.45, 2.75) is 51.2 Å². The molecule has 1 aliphatic rings. The van der Waals surface area contributed by atoms with Crippen molar-refractivity contribution in [3.8, 4) is 17.6 Å². The molecule has 2 aromatic rings. The Kier molecular flexibility index (Phi) is 7.66. The van der Waals surface area contributed by atoms with Gasteiger partial charge >= 0.3 is 5.97 Å². The number of nitriles is 1. The zero-order valence-corrected chi connectivity index (χ0v) is 18.5. The van der Waals surface area contributed by atoms with Gasteiger partial charge in [0.1, 0.15) is 17.9 Å². The summed E-state index contributed by atoms with van der Waals surface area (Å²) in [7, 11) is 1.59. The van der Waals surface area contributed by atoms with Crippen molar-refractivity contribution in [1.29, 1.82) is 5.26 Å². The van der Waals surface area contributed by atoms with E-state index in [1.165, 1.54) is 19.2 Å². The molecular formula is C24H27N3O5. The molecule has 1 aliphatic carbocycles. The number of benzene rings is 1. The number of aromatic nitrogens is 1. The molecule has 0 spiro atoms. The average Bonchev–Trinajstić information content (AvgIpc) is 2.80. The van der Waals surface area contributed by atoms with Gasteiger partial charge < -0.3 is 19.5 Å². The Bertz CT molecular complexity index is 1000. The first kappa shape index (κ1) is 23.1. The van der Waals surface area contributed by atoms with Crippen LogP contribution in [0.5, 0.6) is 11.5 Å². The van der Waals surface area contributed by atoms with Crippen LogP contribution in [0.2, 0.25) is 0 Å². The lowest BCUT2D eigenvalue weighted by Gasteiger charge is -2.36. The van der Waals surface area contributed by atoms with Crippen LogP contribution in [-0.4, -0.2) is 42.7 Å². The predicted octanol–water partition coefficient (Wildman–Crippen LogP) is 3.36. The smallest absolute Gasteiger partial charge is 0.302 e. The third-order valence-electron chi connectivity index (χ3n) is 5.51. The first-order valence-electron chi connectivity index (χ1n) is 10.6. The number of amides is 1. The van der Waals surface area contributed by atoms with E-state index >= 15 is 0 Å². The van der Waals surface area contributed by atoms with E-state index in [0.29, 0.717) is 42.9 Å². The fraction of sp³-hybridized carbons (Fsp3) is 0.417. The van der Waals surface area contributed by atoms with Crippen molar-refractivity contribution < 1.29 is 23.8 Å². The molecule has 1 heterocycles. The second-order valence-corrected chi connectivity index (χ2v) is 7.62. The zero-order valence-electron chi connectivity index (χ0n) is 18.5. The molecule has 0 radical (unpaired) electrons. The highest BCUT2D eigenvalue weighted by Crippen LogP contribution is 2.38. The molecule has 1 saturated carbocycles. The summed E-state index contributed by atoms with van der Waals surface area (Å²) in [6, 6.07) is 10.6. The second-order valence-electron chi connectivity index (χ2n) is 7.62. The molecule has 1 aromatic heterocycles. The first-order chi connectivity index (χ1) is 15.4. The van der Waals surface area contributed by atoms with E-state index in [1.807, 2.05) is 31.2 Å². The molecule has 1 aromatic carbocycles. The van der Waals surface area contributed by atoms with Gasteiger partial charge in [-0.05, 0) is 56.0 Å². The Balaban J connectivity index is 1.86. The SMILES string of the molecule is CCOc1cc(C2CC(OC(C)=O)CCC2NC(=O)c2ccc(C#N)nc2)ccc1OC. The van der Waals surface area contributed by atoms with Gasteiger partial charge in [-0.3, -0.25) is 9.59 Å². The Labute approximate surface area is 187 Å². The zero-order chi connectivity index (χ0) is 23.1. The molecule has 1 amide bonds. The summed E-state index contributed by atoms with van der Waals surface area (Å²) < 4.78 is 16.6. The van der Waals surface area contributed by atoms with E-state index < -0.39 is 0 Å². The topological polar surface area (TPSA) is 111 Å². The maximum atomic E-state index is 12.9. The molecule has 0 saturated heterocycles. The summed E-state index contributed by atoms with van der Waals surface area (Å²) in [5, 5.41) is 12.0. The monoisotopic (exact) mass is 437 g/mol. The molecule has 3 unspecified atom stereocenters. The third kappa shape index (κ3) is 5.55. The van der Waals surface area contributed by atoms with E-state index in [-0.39, 0.29) is 35.6 Å². The minimum Gasteiger partial charge on any atom is -0.493 e. The number of pyridine rings is 1. The number of methoxy groups -OCH3 is 1. The number of hydrogen-bond acceptors (Lipinski definition) is 7. The Morgan fingerprint density at radius 3 is 2.66 bits per heavy atom. The van der Waals surface area contributed by atoms with Crippen LogP contribution in [0.3, 0.4) is 0 Å². The van der Waals surface area contributed by atoms with E-state index in [0.717, 1.165) is 5.56 Å². The number of nitrogens with zero attached hydrogens (tertiary/aromatic N) is 2. The van der Waals surface area contributed by atoms with Gasteiger partial charge in [-0.2, -0.15) is 5.26 Å². The van der Waals surface area contributed by atoms with Gasteiger partial charge in [0, 0.05) is 25.1 Å². The molecule has 8 nitrogen and oxygen atoms in total. The van der Waals surface area contributed by atoms with E-state index in [2.05, 4.69) is 10.3 Å². The van der Waals surface area contributed by atoms with Crippen molar-refractivity contribution >= 4 is 11.9 Å². The van der Waals surface area contributed by atoms with Crippen LogP contribution in [-0.2, 0) is 9.53 Å². The Morgan fingerprint density at radius 2 is 2.03 bits per heavy atom. The molecule has 1 N–H and O–H groups in total. The van der Waals surface area contributed by atoms with Gasteiger partial charge in [0.15, 0.2) is 11.5 Å². The third-order valence-corrected chi connectivity index (χ3v) is 5.51. The average molecular weight is 437 g/mol. The van der Waals surface area contributed by atoms with Crippen LogP contribution < -0.4 is 14.8 Å². The maximum Gasteiger partial charge on any atom is 0.302 e. The van der Waals surface area contributed by atoms with Crippen LogP contribution in [0.15, 0.2) is 36.5 Å². The minimum atomic E-state index is -0.315. The van der Waals surface area contributed by atoms with Gasteiger partial charge in [-0.25, -0.2) is 4.98 Å². The molecular weight excluding hydrogens is 410 g/mol. The maximum absolute atomic E-state index is 12.9. The molecule has 0 aliphatic heterocycles. The highest BCUT2D eigenvalue weighted by Gasteiger charge is 2.34. The summed E-state index contributed by atoms with van der Waals surface area (Å²) in [4.78, 5) is 28.3. The molecule has 8 heteroatoms. The standard InChI is InChI=1S/C24H27N3O5/c1-4-31-23-11-16(6-10-22(23)30-3)20-12-19(32-15(2)28)8-9-21(20)27-24(29)17-5-7-18(13-25)26-14-17/h5-7,10-11,14,19-21H,4,8-9,12H2,1-3H3,(H,27,29). The predicted molar refractivity (Wildman–Crippen MR) is 117 cm³/mol. The van der Waals surface area contributed by atoms with Crippen molar-refractivity contribution in [2.75, 3.05) is 13.7 Å². The molecule has 3 rings (SSSR count). The van der Waals surface area contributed by atoms with Crippen molar-refractivity contribution in [3.05, 3.63) is 53.3 Å². The number of carbonyl (C=O) groups excluding carboxylic acids is 2. The van der Waals surface area contributed by atoms with Crippen molar-refractivity contribution in [3.63, 3.8) is 0 Å². The fourth-order valence-electron chi connectivity index (χ4n) is 4.05. The molecule has 168 valence electrons. The van der Waals surface area contributed by atoms with Crippen LogP contribution in [0.1, 0.15) is 60.6 Å². The first-order valence-corrected chi connectivity index (χ1v) is 10.6. The van der Waals surface area contributed by atoms with E-state index in [9.17, 15) is 9.59 Å². The Hall–Kier alpha value is -3.60. The minimum absolute atomic E-state index is 0.0893. The van der Waals surface area contributed by atoms with Crippen molar-refractivity contribution in [2.24, 2.45) is 0 Å². The van der Waals surface area contributed by atoms with Crippen LogP contribution >= 0.6 is 0 Å². The number of hydrogen-bond donors (Lipinski definition) is 1. The lowest BCUT2D eigenvalue weighted by molar-refractivity contribution is -0.148.